The second-order valence-corrected chi connectivity index (χ2v) is 6.46. The zero-order chi connectivity index (χ0) is 15.7. The van der Waals surface area contributed by atoms with Crippen LogP contribution in [0.1, 0.15) is 32.1 Å². The number of imide groups is 1. The summed E-state index contributed by atoms with van der Waals surface area (Å²) in [6.07, 6.45) is 4.82. The second-order valence-electron chi connectivity index (χ2n) is 6.46. The molecule has 7 nitrogen and oxygen atoms in total. The SMILES string of the molecule is CN1C(=O)CC(N2CCN(C(=O)NC3CCCC3)CC2)C1=O. The first-order valence-corrected chi connectivity index (χ1v) is 8.16. The quantitative estimate of drug-likeness (QED) is 0.730. The van der Waals surface area contributed by atoms with Crippen molar-refractivity contribution in [2.75, 3.05) is 33.2 Å². The van der Waals surface area contributed by atoms with Gasteiger partial charge in [-0.25, -0.2) is 4.79 Å². The summed E-state index contributed by atoms with van der Waals surface area (Å²) in [5.74, 6) is -0.231. The van der Waals surface area contributed by atoms with E-state index in [1.54, 1.807) is 0 Å². The van der Waals surface area contributed by atoms with E-state index in [0.29, 0.717) is 32.2 Å². The van der Waals surface area contributed by atoms with Crippen LogP contribution in [0.2, 0.25) is 0 Å². The van der Waals surface area contributed by atoms with Crippen LogP contribution in [0.3, 0.4) is 0 Å². The lowest BCUT2D eigenvalue weighted by molar-refractivity contribution is -0.138. The molecule has 1 N–H and O–H groups in total. The fourth-order valence-corrected chi connectivity index (χ4v) is 3.59. The topological polar surface area (TPSA) is 73.0 Å². The van der Waals surface area contributed by atoms with Crippen LogP contribution >= 0.6 is 0 Å². The van der Waals surface area contributed by atoms with Gasteiger partial charge in [-0.3, -0.25) is 19.4 Å². The van der Waals surface area contributed by atoms with E-state index < -0.39 is 0 Å². The molecule has 22 heavy (non-hydrogen) atoms. The molecule has 7 heteroatoms. The Bertz CT molecular complexity index is 467. The van der Waals surface area contributed by atoms with Crippen molar-refractivity contribution in [1.29, 1.82) is 0 Å². The maximum atomic E-state index is 12.2. The number of rotatable bonds is 2. The normalized spacial score (nSPS) is 27.8. The Kier molecular flexibility index (Phi) is 4.33. The highest BCUT2D eigenvalue weighted by Crippen LogP contribution is 2.20. The maximum Gasteiger partial charge on any atom is 0.317 e. The van der Waals surface area contributed by atoms with Gasteiger partial charge >= 0.3 is 6.03 Å². The first-order chi connectivity index (χ1) is 10.6. The highest BCUT2D eigenvalue weighted by atomic mass is 16.2. The van der Waals surface area contributed by atoms with Crippen molar-refractivity contribution in [2.45, 2.75) is 44.2 Å². The predicted octanol–water partition coefficient (Wildman–Crippen LogP) is 0.0135. The molecule has 1 aliphatic carbocycles. The number of likely N-dealkylation sites (N-methyl/N-ethyl adjacent to an activating group) is 1. The summed E-state index contributed by atoms with van der Waals surface area (Å²) in [5, 5.41) is 3.10. The van der Waals surface area contributed by atoms with Crippen molar-refractivity contribution in [3.63, 3.8) is 0 Å². The molecule has 0 bridgehead atoms. The molecule has 1 unspecified atom stereocenters. The van der Waals surface area contributed by atoms with E-state index in [9.17, 15) is 14.4 Å². The molecule has 0 aromatic rings. The minimum Gasteiger partial charge on any atom is -0.335 e. The van der Waals surface area contributed by atoms with E-state index in [4.69, 9.17) is 0 Å². The molecule has 3 aliphatic rings. The third-order valence-electron chi connectivity index (χ3n) is 5.08. The van der Waals surface area contributed by atoms with Crippen LogP contribution in [0, 0.1) is 0 Å². The average molecular weight is 308 g/mol. The van der Waals surface area contributed by atoms with Crippen molar-refractivity contribution < 1.29 is 14.4 Å². The monoisotopic (exact) mass is 308 g/mol. The summed E-state index contributed by atoms with van der Waals surface area (Å²) in [7, 11) is 1.54. The molecule has 2 aliphatic heterocycles. The average Bonchev–Trinajstić information content (AvgIpc) is 3.12. The molecule has 0 radical (unpaired) electrons. The second kappa shape index (κ2) is 6.24. The molecule has 1 atom stereocenters. The summed E-state index contributed by atoms with van der Waals surface area (Å²) in [6, 6.07) is 0.00301. The number of carbonyl (C=O) groups excluding carboxylic acids is 3. The summed E-state index contributed by atoms with van der Waals surface area (Å²) >= 11 is 0. The van der Waals surface area contributed by atoms with Gasteiger partial charge in [0.05, 0.1) is 12.5 Å². The Morgan fingerprint density at radius 3 is 2.27 bits per heavy atom. The van der Waals surface area contributed by atoms with Crippen molar-refractivity contribution in [3.8, 4) is 0 Å². The van der Waals surface area contributed by atoms with E-state index in [2.05, 4.69) is 5.32 Å². The zero-order valence-electron chi connectivity index (χ0n) is 13.1. The third kappa shape index (κ3) is 2.95. The Morgan fingerprint density at radius 2 is 1.73 bits per heavy atom. The van der Waals surface area contributed by atoms with Gasteiger partial charge in [-0.05, 0) is 12.8 Å². The number of nitrogens with zero attached hydrogens (tertiary/aromatic N) is 3. The van der Waals surface area contributed by atoms with Crippen LogP contribution in [0.15, 0.2) is 0 Å². The number of carbonyl (C=O) groups is 3. The molecule has 0 aromatic carbocycles. The lowest BCUT2D eigenvalue weighted by Gasteiger charge is -2.37. The van der Waals surface area contributed by atoms with Crippen LogP contribution in [0.5, 0.6) is 0 Å². The van der Waals surface area contributed by atoms with Gasteiger partial charge in [0.25, 0.3) is 0 Å². The summed E-state index contributed by atoms with van der Waals surface area (Å²) in [5.41, 5.74) is 0. The maximum absolute atomic E-state index is 12.2. The van der Waals surface area contributed by atoms with Gasteiger partial charge in [0.2, 0.25) is 11.8 Å². The Labute approximate surface area is 130 Å². The number of urea groups is 1. The van der Waals surface area contributed by atoms with Gasteiger partial charge in [-0.15, -0.1) is 0 Å². The molecule has 122 valence electrons. The summed E-state index contributed by atoms with van der Waals surface area (Å²) < 4.78 is 0. The van der Waals surface area contributed by atoms with Crippen LogP contribution in [0.4, 0.5) is 4.79 Å². The van der Waals surface area contributed by atoms with Gasteiger partial charge in [0.1, 0.15) is 0 Å². The van der Waals surface area contributed by atoms with Crippen LogP contribution in [0.25, 0.3) is 0 Å². The summed E-state index contributed by atoms with van der Waals surface area (Å²) in [4.78, 5) is 40.9. The lowest BCUT2D eigenvalue weighted by Crippen LogP contribution is -2.56. The minimum atomic E-state index is -0.336. The van der Waals surface area contributed by atoms with Gasteiger partial charge < -0.3 is 10.2 Å². The van der Waals surface area contributed by atoms with Crippen LogP contribution in [-0.2, 0) is 9.59 Å². The van der Waals surface area contributed by atoms with Crippen LogP contribution < -0.4 is 5.32 Å². The Hall–Kier alpha value is -1.63. The van der Waals surface area contributed by atoms with Crippen molar-refractivity contribution in [2.24, 2.45) is 0 Å². The smallest absolute Gasteiger partial charge is 0.317 e. The largest absolute Gasteiger partial charge is 0.335 e. The molecule has 3 fully saturated rings. The summed E-state index contributed by atoms with van der Waals surface area (Å²) in [6.45, 7) is 2.52. The van der Waals surface area contributed by atoms with Gasteiger partial charge in [-0.1, -0.05) is 12.8 Å². The third-order valence-corrected chi connectivity index (χ3v) is 5.08. The molecule has 3 rings (SSSR count). The highest BCUT2D eigenvalue weighted by molar-refractivity contribution is 6.05. The van der Waals surface area contributed by atoms with E-state index in [1.807, 2.05) is 9.80 Å². The zero-order valence-corrected chi connectivity index (χ0v) is 13.1. The van der Waals surface area contributed by atoms with Crippen LogP contribution in [-0.4, -0.2) is 77.9 Å². The molecule has 0 spiro atoms. The van der Waals surface area contributed by atoms with Gasteiger partial charge in [0, 0.05) is 39.3 Å². The lowest BCUT2D eigenvalue weighted by atomic mass is 10.2. The van der Waals surface area contributed by atoms with Crippen molar-refractivity contribution >= 4 is 17.8 Å². The van der Waals surface area contributed by atoms with E-state index in [1.165, 1.54) is 24.8 Å². The standard InChI is InChI=1S/C15H24N4O3/c1-17-13(20)10-12(14(17)21)18-6-8-19(9-7-18)15(22)16-11-4-2-3-5-11/h11-12H,2-10H2,1H3,(H,16,22). The number of amides is 4. The molecule has 1 saturated carbocycles. The molecular formula is C15H24N4O3. The molecule has 2 heterocycles. The first kappa shape index (κ1) is 15.3. The number of nitrogens with one attached hydrogen (secondary N) is 1. The van der Waals surface area contributed by atoms with Crippen molar-refractivity contribution in [1.82, 2.24) is 20.0 Å². The first-order valence-electron chi connectivity index (χ1n) is 8.16. The van der Waals surface area contributed by atoms with E-state index >= 15 is 0 Å². The van der Waals surface area contributed by atoms with Gasteiger partial charge in [0.15, 0.2) is 0 Å². The number of piperazine rings is 1. The number of hydrogen-bond acceptors (Lipinski definition) is 4. The van der Waals surface area contributed by atoms with Gasteiger partial charge in [-0.2, -0.15) is 0 Å². The molecular weight excluding hydrogens is 284 g/mol. The fourth-order valence-electron chi connectivity index (χ4n) is 3.59. The minimum absolute atomic E-state index is 0.0116. The molecule has 4 amide bonds. The predicted molar refractivity (Wildman–Crippen MR) is 80.1 cm³/mol. The Balaban J connectivity index is 1.49. The molecule has 2 saturated heterocycles. The Morgan fingerprint density at radius 1 is 1.09 bits per heavy atom. The number of hydrogen-bond donors (Lipinski definition) is 1. The van der Waals surface area contributed by atoms with E-state index in [-0.39, 0.29) is 30.3 Å². The molecule has 0 aromatic heterocycles. The number of likely N-dealkylation sites (tertiary alicyclic amines) is 1. The van der Waals surface area contributed by atoms with Crippen molar-refractivity contribution in [3.05, 3.63) is 0 Å². The highest BCUT2D eigenvalue weighted by Gasteiger charge is 2.41. The fraction of sp³-hybridized carbons (Fsp3) is 0.800. The van der Waals surface area contributed by atoms with E-state index in [0.717, 1.165) is 12.8 Å².